The molecule has 1 aliphatic carbocycles. The lowest BCUT2D eigenvalue weighted by Gasteiger charge is -2.39. The monoisotopic (exact) mass is 321 g/mol. The summed E-state index contributed by atoms with van der Waals surface area (Å²) >= 11 is 0. The third-order valence-corrected chi connectivity index (χ3v) is 7.16. The van der Waals surface area contributed by atoms with E-state index in [2.05, 4.69) is 0 Å². The second-order valence-corrected chi connectivity index (χ2v) is 8.81. The molecular formula is C17H23NO3S. The summed E-state index contributed by atoms with van der Waals surface area (Å²) in [6.07, 6.45) is 2.16. The summed E-state index contributed by atoms with van der Waals surface area (Å²) in [6, 6.07) is 6.96. The molecular weight excluding hydrogens is 298 g/mol. The topological polar surface area (TPSA) is 57.6 Å². The second-order valence-electron chi connectivity index (χ2n) is 6.87. The number of aliphatic hydroxyl groups is 1. The number of benzene rings is 1. The fraction of sp³-hybridized carbons (Fsp3) is 0.529. The van der Waals surface area contributed by atoms with Gasteiger partial charge in [-0.25, -0.2) is 8.42 Å². The van der Waals surface area contributed by atoms with Gasteiger partial charge in [0.2, 0.25) is 10.0 Å². The zero-order valence-corrected chi connectivity index (χ0v) is 14.1. The minimum Gasteiger partial charge on any atom is -0.392 e. The van der Waals surface area contributed by atoms with Crippen molar-refractivity contribution in [1.29, 1.82) is 0 Å². The van der Waals surface area contributed by atoms with Crippen LogP contribution in [0.5, 0.6) is 0 Å². The summed E-state index contributed by atoms with van der Waals surface area (Å²) in [6.45, 7) is 6.80. The predicted molar refractivity (Wildman–Crippen MR) is 85.9 cm³/mol. The van der Waals surface area contributed by atoms with Crippen molar-refractivity contribution < 1.29 is 13.5 Å². The van der Waals surface area contributed by atoms with Crippen LogP contribution in [0.1, 0.15) is 25.8 Å². The van der Waals surface area contributed by atoms with Crippen molar-refractivity contribution in [3.63, 3.8) is 0 Å². The van der Waals surface area contributed by atoms with E-state index in [-0.39, 0.29) is 5.92 Å². The Hall–Kier alpha value is -1.17. The molecule has 0 saturated carbocycles. The standard InChI is InChI=1S/C17H23NO3S/c1-12-4-7-14(8-5-12)22(20,21)18-10-15-13(2)6-9-16(19)17(15,3)11-18/h4-8,15-16,19H,9-11H2,1-3H3/t15-,16-,17-/m1/s1. The molecule has 1 N–H and O–H groups in total. The summed E-state index contributed by atoms with van der Waals surface area (Å²) in [5.41, 5.74) is 1.83. The van der Waals surface area contributed by atoms with E-state index in [0.29, 0.717) is 24.4 Å². The number of nitrogens with zero attached hydrogens (tertiary/aromatic N) is 1. The van der Waals surface area contributed by atoms with E-state index in [9.17, 15) is 13.5 Å². The Morgan fingerprint density at radius 1 is 1.23 bits per heavy atom. The van der Waals surface area contributed by atoms with Crippen LogP contribution in [0.2, 0.25) is 0 Å². The van der Waals surface area contributed by atoms with Gasteiger partial charge in [-0.05, 0) is 32.4 Å². The van der Waals surface area contributed by atoms with E-state index in [1.54, 1.807) is 12.1 Å². The number of fused-ring (bicyclic) bond motifs is 1. The van der Waals surface area contributed by atoms with E-state index in [4.69, 9.17) is 0 Å². The molecule has 1 saturated heterocycles. The van der Waals surface area contributed by atoms with Crippen molar-refractivity contribution in [2.75, 3.05) is 13.1 Å². The summed E-state index contributed by atoms with van der Waals surface area (Å²) in [5, 5.41) is 10.4. The third-order valence-electron chi connectivity index (χ3n) is 5.33. The van der Waals surface area contributed by atoms with Gasteiger partial charge in [-0.3, -0.25) is 0 Å². The molecule has 0 aromatic heterocycles. The van der Waals surface area contributed by atoms with Crippen molar-refractivity contribution >= 4 is 10.0 Å². The quantitative estimate of drug-likeness (QED) is 0.851. The Bertz CT molecular complexity index is 708. The van der Waals surface area contributed by atoms with Gasteiger partial charge < -0.3 is 5.11 Å². The minimum atomic E-state index is -3.50. The molecule has 120 valence electrons. The molecule has 1 aromatic carbocycles. The van der Waals surface area contributed by atoms with Crippen molar-refractivity contribution in [3.05, 3.63) is 41.5 Å². The summed E-state index contributed by atoms with van der Waals surface area (Å²) in [4.78, 5) is 0.330. The van der Waals surface area contributed by atoms with Crippen LogP contribution in [0.4, 0.5) is 0 Å². The Labute approximate surface area is 132 Å². The lowest BCUT2D eigenvalue weighted by atomic mass is 9.68. The van der Waals surface area contributed by atoms with Crippen molar-refractivity contribution in [1.82, 2.24) is 4.31 Å². The molecule has 22 heavy (non-hydrogen) atoms. The van der Waals surface area contributed by atoms with E-state index in [0.717, 1.165) is 5.56 Å². The highest BCUT2D eigenvalue weighted by molar-refractivity contribution is 7.89. The zero-order valence-electron chi connectivity index (χ0n) is 13.3. The first kappa shape index (κ1) is 15.7. The average Bonchev–Trinajstić information content (AvgIpc) is 2.85. The summed E-state index contributed by atoms with van der Waals surface area (Å²) in [7, 11) is -3.50. The molecule has 2 aliphatic rings. The summed E-state index contributed by atoms with van der Waals surface area (Å²) < 4.78 is 27.3. The van der Waals surface area contributed by atoms with Crippen LogP contribution in [0.3, 0.4) is 0 Å². The van der Waals surface area contributed by atoms with Crippen LogP contribution in [0, 0.1) is 18.3 Å². The SMILES string of the molecule is CC1=CC[C@@H](O)[C@]2(C)CN(S(=O)(=O)c3ccc(C)cc3)C[C@H]12. The van der Waals surface area contributed by atoms with Crippen LogP contribution in [-0.2, 0) is 10.0 Å². The highest BCUT2D eigenvalue weighted by Gasteiger charge is 2.52. The van der Waals surface area contributed by atoms with Crippen molar-refractivity contribution in [2.45, 2.75) is 38.2 Å². The Morgan fingerprint density at radius 2 is 1.86 bits per heavy atom. The molecule has 1 fully saturated rings. The van der Waals surface area contributed by atoms with Gasteiger partial charge >= 0.3 is 0 Å². The highest BCUT2D eigenvalue weighted by atomic mass is 32.2. The molecule has 0 unspecified atom stereocenters. The van der Waals surface area contributed by atoms with Crippen LogP contribution >= 0.6 is 0 Å². The molecule has 3 atom stereocenters. The van der Waals surface area contributed by atoms with Gasteiger partial charge in [-0.1, -0.05) is 36.3 Å². The first-order valence-corrected chi connectivity index (χ1v) is 9.11. The van der Waals surface area contributed by atoms with E-state index in [1.165, 1.54) is 9.88 Å². The fourth-order valence-corrected chi connectivity index (χ4v) is 5.29. The number of hydrogen-bond donors (Lipinski definition) is 1. The molecule has 0 bridgehead atoms. The largest absolute Gasteiger partial charge is 0.392 e. The van der Waals surface area contributed by atoms with E-state index in [1.807, 2.05) is 39.0 Å². The lowest BCUT2D eigenvalue weighted by molar-refractivity contribution is 0.0219. The van der Waals surface area contributed by atoms with Gasteiger partial charge in [-0.15, -0.1) is 0 Å². The average molecular weight is 321 g/mol. The molecule has 4 nitrogen and oxygen atoms in total. The first-order chi connectivity index (χ1) is 10.2. The normalized spacial score (nSPS) is 32.6. The number of aryl methyl sites for hydroxylation is 1. The molecule has 0 radical (unpaired) electrons. The number of hydrogen-bond acceptors (Lipinski definition) is 3. The summed E-state index contributed by atoms with van der Waals surface area (Å²) in [5.74, 6) is 0.0940. The van der Waals surface area contributed by atoms with Gasteiger partial charge in [-0.2, -0.15) is 4.31 Å². The predicted octanol–water partition coefficient (Wildman–Crippen LogP) is 2.33. The number of rotatable bonds is 2. The van der Waals surface area contributed by atoms with E-state index >= 15 is 0 Å². The van der Waals surface area contributed by atoms with Crippen LogP contribution in [0.15, 0.2) is 40.8 Å². The minimum absolute atomic E-state index is 0.0940. The maximum absolute atomic E-state index is 12.9. The van der Waals surface area contributed by atoms with Gasteiger partial charge in [0, 0.05) is 24.4 Å². The Morgan fingerprint density at radius 3 is 2.45 bits per heavy atom. The molecule has 5 heteroatoms. The molecule has 1 aromatic rings. The molecule has 1 aliphatic heterocycles. The van der Waals surface area contributed by atoms with Gasteiger partial charge in [0.1, 0.15) is 0 Å². The fourth-order valence-electron chi connectivity index (χ4n) is 3.72. The van der Waals surface area contributed by atoms with Crippen LogP contribution < -0.4 is 0 Å². The molecule has 0 amide bonds. The van der Waals surface area contributed by atoms with Gasteiger partial charge in [0.05, 0.1) is 11.0 Å². The lowest BCUT2D eigenvalue weighted by Crippen LogP contribution is -2.42. The van der Waals surface area contributed by atoms with Crippen LogP contribution in [-0.4, -0.2) is 37.0 Å². The maximum Gasteiger partial charge on any atom is 0.243 e. The Balaban J connectivity index is 1.95. The molecule has 1 heterocycles. The molecule has 3 rings (SSSR count). The van der Waals surface area contributed by atoms with Crippen molar-refractivity contribution in [3.8, 4) is 0 Å². The van der Waals surface area contributed by atoms with Gasteiger partial charge in [0.25, 0.3) is 0 Å². The zero-order chi connectivity index (χ0) is 16.1. The second kappa shape index (κ2) is 5.18. The Kier molecular flexibility index (Phi) is 3.70. The highest BCUT2D eigenvalue weighted by Crippen LogP contribution is 2.48. The number of sulfonamides is 1. The number of aliphatic hydroxyl groups excluding tert-OH is 1. The van der Waals surface area contributed by atoms with Crippen molar-refractivity contribution in [2.24, 2.45) is 11.3 Å². The van der Waals surface area contributed by atoms with Crippen LogP contribution in [0.25, 0.3) is 0 Å². The smallest absolute Gasteiger partial charge is 0.243 e. The molecule has 0 spiro atoms. The van der Waals surface area contributed by atoms with Gasteiger partial charge in [0.15, 0.2) is 0 Å². The maximum atomic E-state index is 12.9. The van der Waals surface area contributed by atoms with E-state index < -0.39 is 21.5 Å². The third kappa shape index (κ3) is 2.32. The first-order valence-electron chi connectivity index (χ1n) is 7.67.